The first-order chi connectivity index (χ1) is 10.3. The lowest BCUT2D eigenvalue weighted by Crippen LogP contribution is -2.14. The Labute approximate surface area is 101 Å². The minimum absolute atomic E-state index is 0.0914. The van der Waals surface area contributed by atoms with E-state index in [9.17, 15) is 5.11 Å². The lowest BCUT2D eigenvalue weighted by molar-refractivity contribution is 0.414. The molecule has 0 atom stereocenters. The fourth-order valence-corrected chi connectivity index (χ4v) is 1.54. The average molecular weight is 212 g/mol. The van der Waals surface area contributed by atoms with E-state index in [-0.39, 0.29) is 10.6 Å². The number of rotatable bonds is 3. The van der Waals surface area contributed by atoms with Gasteiger partial charge in [0.1, 0.15) is 5.75 Å². The maximum absolute atomic E-state index is 9.92. The molecule has 0 amide bonds. The van der Waals surface area contributed by atoms with E-state index in [0.717, 1.165) is 0 Å². The zero-order valence-electron chi connectivity index (χ0n) is 15.9. The van der Waals surface area contributed by atoms with Crippen molar-refractivity contribution in [2.45, 2.75) is 6.42 Å². The standard InChI is InChI=1S/C12H16N2O/c1-14(2)7-6-9-8-13-10-4-3-5-11(15)12(9)10/h3-5,8,13,15H,6-7H2,1-2H3/i1D3,2D3,7D2. The number of fused-ring (bicyclic) bond motifs is 1. The molecule has 3 nitrogen and oxygen atoms in total. The van der Waals surface area contributed by atoms with Crippen molar-refractivity contribution < 1.29 is 16.1 Å². The number of aryl methyl sites for hydroxylation is 1. The van der Waals surface area contributed by atoms with Crippen molar-refractivity contribution in [3.8, 4) is 5.75 Å². The SMILES string of the molecule is [2H]C([2H])([2H])N(C([2H])([2H])[2H])C([2H])([2H])Cc1c[nH]c2cccc(O)c12. The third-order valence-corrected chi connectivity index (χ3v) is 2.19. The first kappa shape index (κ1) is 4.18. The molecule has 3 heteroatoms. The van der Waals surface area contributed by atoms with Crippen molar-refractivity contribution in [1.82, 2.24) is 9.88 Å². The summed E-state index contributed by atoms with van der Waals surface area (Å²) in [6.07, 6.45) is 0.917. The van der Waals surface area contributed by atoms with Gasteiger partial charge in [0, 0.05) is 34.6 Å². The summed E-state index contributed by atoms with van der Waals surface area (Å²) in [5, 5.41) is 10.3. The smallest absolute Gasteiger partial charge is 0.125 e. The Kier molecular flexibility index (Phi) is 1.10. The van der Waals surface area contributed by atoms with Crippen molar-refractivity contribution in [3.63, 3.8) is 0 Å². The maximum Gasteiger partial charge on any atom is 0.125 e. The number of hydrogen-bond donors (Lipinski definition) is 2. The summed E-state index contributed by atoms with van der Waals surface area (Å²) in [5.74, 6) is -0.0936. The van der Waals surface area contributed by atoms with E-state index in [2.05, 4.69) is 4.98 Å². The number of aromatic amines is 1. The summed E-state index contributed by atoms with van der Waals surface area (Å²) in [6.45, 7) is -8.94. The van der Waals surface area contributed by atoms with Crippen molar-refractivity contribution in [2.75, 3.05) is 20.4 Å². The number of phenolic OH excluding ortho intramolecular Hbond substituents is 1. The molecule has 0 aliphatic rings. The number of H-pyrrole nitrogens is 1. The van der Waals surface area contributed by atoms with Crippen LogP contribution in [0.4, 0.5) is 0 Å². The van der Waals surface area contributed by atoms with Gasteiger partial charge in [0.25, 0.3) is 0 Å². The molecule has 2 N–H and O–H groups in total. The van der Waals surface area contributed by atoms with Crippen LogP contribution in [0.3, 0.4) is 0 Å². The Balaban J connectivity index is 2.46. The van der Waals surface area contributed by atoms with E-state index < -0.39 is 26.9 Å². The molecule has 0 aliphatic heterocycles. The number of aromatic hydroxyl groups is 1. The third-order valence-electron chi connectivity index (χ3n) is 2.19. The van der Waals surface area contributed by atoms with Gasteiger partial charge in [0.2, 0.25) is 0 Å². The molecule has 0 radical (unpaired) electrons. The lowest BCUT2D eigenvalue weighted by Gasteiger charge is -2.08. The molecule has 1 heterocycles. The van der Waals surface area contributed by atoms with Crippen LogP contribution in [0.5, 0.6) is 5.75 Å². The molecule has 0 saturated heterocycles. The predicted molar refractivity (Wildman–Crippen MR) is 62.2 cm³/mol. The molecule has 15 heavy (non-hydrogen) atoms. The van der Waals surface area contributed by atoms with Gasteiger partial charge in [0.15, 0.2) is 0 Å². The Hall–Kier alpha value is -1.48. The van der Waals surface area contributed by atoms with E-state index >= 15 is 0 Å². The minimum atomic E-state index is -3.14. The Morgan fingerprint density at radius 2 is 2.40 bits per heavy atom. The van der Waals surface area contributed by atoms with Crippen molar-refractivity contribution in [3.05, 3.63) is 30.0 Å². The van der Waals surface area contributed by atoms with Crippen LogP contribution in [0.15, 0.2) is 24.4 Å². The van der Waals surface area contributed by atoms with Gasteiger partial charge < -0.3 is 15.0 Å². The van der Waals surface area contributed by atoms with E-state index in [1.54, 1.807) is 12.1 Å². The van der Waals surface area contributed by atoms with Crippen molar-refractivity contribution >= 4 is 10.9 Å². The van der Waals surface area contributed by atoms with Gasteiger partial charge in [-0.05, 0) is 38.1 Å². The molecule has 0 spiro atoms. The van der Waals surface area contributed by atoms with Crippen LogP contribution < -0.4 is 0 Å². The highest BCUT2D eigenvalue weighted by atomic mass is 16.3. The topological polar surface area (TPSA) is 39.3 Å². The number of hydrogen-bond acceptors (Lipinski definition) is 2. The van der Waals surface area contributed by atoms with Gasteiger partial charge in [-0.3, -0.25) is 0 Å². The number of aromatic nitrogens is 1. The van der Waals surface area contributed by atoms with Crippen LogP contribution in [-0.2, 0) is 6.42 Å². The maximum atomic E-state index is 9.92. The van der Waals surface area contributed by atoms with Gasteiger partial charge >= 0.3 is 0 Å². The largest absolute Gasteiger partial charge is 0.507 e. The molecule has 1 aromatic heterocycles. The molecule has 2 rings (SSSR count). The number of phenols is 1. The van der Waals surface area contributed by atoms with Crippen LogP contribution in [0, 0.1) is 0 Å². The van der Waals surface area contributed by atoms with E-state index in [1.807, 2.05) is 0 Å². The molecule has 0 aliphatic carbocycles. The second kappa shape index (κ2) is 3.95. The van der Waals surface area contributed by atoms with Crippen LogP contribution in [-0.4, -0.2) is 35.4 Å². The second-order valence-electron chi connectivity index (χ2n) is 3.18. The molecule has 2 aromatic rings. The molecule has 0 fully saturated rings. The molecule has 1 aromatic carbocycles. The fourth-order valence-electron chi connectivity index (χ4n) is 1.54. The number of nitrogens with zero attached hydrogens (tertiary/aromatic N) is 1. The normalized spacial score (nSPS) is 21.9. The molecule has 80 valence electrons. The number of likely N-dealkylation sites (N-methyl/N-ethyl adjacent to an activating group) is 1. The second-order valence-corrected chi connectivity index (χ2v) is 3.18. The fraction of sp³-hybridized carbons (Fsp3) is 0.333. The Morgan fingerprint density at radius 1 is 1.53 bits per heavy atom. The summed E-state index contributed by atoms with van der Waals surface area (Å²) in [4.78, 5) is 2.75. The van der Waals surface area contributed by atoms with Crippen LogP contribution >= 0.6 is 0 Å². The summed E-state index contributed by atoms with van der Waals surface area (Å²) >= 11 is 0. The highest BCUT2D eigenvalue weighted by Crippen LogP contribution is 2.27. The van der Waals surface area contributed by atoms with Gasteiger partial charge in [-0.25, -0.2) is 0 Å². The van der Waals surface area contributed by atoms with Gasteiger partial charge in [-0.2, -0.15) is 0 Å². The van der Waals surface area contributed by atoms with Crippen LogP contribution in [0.2, 0.25) is 0 Å². The Morgan fingerprint density at radius 3 is 3.20 bits per heavy atom. The van der Waals surface area contributed by atoms with Crippen molar-refractivity contribution in [2.24, 2.45) is 0 Å². The lowest BCUT2D eigenvalue weighted by atomic mass is 10.1. The molecular weight excluding hydrogens is 188 g/mol. The average Bonchev–Trinajstić information content (AvgIpc) is 2.68. The number of nitrogens with one attached hydrogen (secondary N) is 1. The minimum Gasteiger partial charge on any atom is -0.507 e. The zero-order chi connectivity index (χ0) is 17.6. The van der Waals surface area contributed by atoms with Gasteiger partial charge in [-0.15, -0.1) is 0 Å². The molecular formula is C12H16N2O. The first-order valence-electron chi connectivity index (χ1n) is 8.42. The molecule has 0 bridgehead atoms. The molecule has 0 saturated carbocycles. The van der Waals surface area contributed by atoms with E-state index in [0.29, 0.717) is 16.5 Å². The van der Waals surface area contributed by atoms with Crippen LogP contribution in [0.25, 0.3) is 10.9 Å². The highest BCUT2D eigenvalue weighted by Gasteiger charge is 2.07. The quantitative estimate of drug-likeness (QED) is 0.816. The van der Waals surface area contributed by atoms with E-state index in [4.69, 9.17) is 11.0 Å². The van der Waals surface area contributed by atoms with Crippen molar-refractivity contribution in [1.29, 1.82) is 0 Å². The summed E-state index contributed by atoms with van der Waals surface area (Å²) in [5.41, 5.74) is 0.840. The van der Waals surface area contributed by atoms with Gasteiger partial charge in [-0.1, -0.05) is 6.07 Å². The predicted octanol–water partition coefficient (Wildman–Crippen LogP) is 1.98. The van der Waals surface area contributed by atoms with E-state index in [1.165, 1.54) is 12.3 Å². The third kappa shape index (κ3) is 1.97. The summed E-state index contributed by atoms with van der Waals surface area (Å²) < 4.78 is 60.0. The van der Waals surface area contributed by atoms with Crippen LogP contribution in [0.1, 0.15) is 16.5 Å². The monoisotopic (exact) mass is 212 g/mol. The zero-order valence-corrected chi connectivity index (χ0v) is 7.91. The highest BCUT2D eigenvalue weighted by molar-refractivity contribution is 5.88. The summed E-state index contributed by atoms with van der Waals surface area (Å²) in [6, 6.07) is 4.68. The first-order valence-corrected chi connectivity index (χ1v) is 4.42. The molecule has 0 unspecified atom stereocenters. The summed E-state index contributed by atoms with van der Waals surface area (Å²) in [7, 11) is 0. The Bertz CT molecular complexity index is 689. The van der Waals surface area contributed by atoms with Gasteiger partial charge in [0.05, 0.1) is 0 Å². The number of benzene rings is 1.